The second-order valence-electron chi connectivity index (χ2n) is 5.06. The number of nitrogens with one attached hydrogen (secondary N) is 1. The van der Waals surface area contributed by atoms with Gasteiger partial charge in [0.05, 0.1) is 17.3 Å². The summed E-state index contributed by atoms with van der Waals surface area (Å²) in [5.74, 6) is 0.918. The van der Waals surface area contributed by atoms with E-state index < -0.39 is 0 Å². The van der Waals surface area contributed by atoms with Gasteiger partial charge in [-0.05, 0) is 13.8 Å². The summed E-state index contributed by atoms with van der Waals surface area (Å²) in [6.07, 6.45) is 1.67. The van der Waals surface area contributed by atoms with Gasteiger partial charge in [0, 0.05) is 31.9 Å². The van der Waals surface area contributed by atoms with Crippen LogP contribution in [0.5, 0.6) is 0 Å². The summed E-state index contributed by atoms with van der Waals surface area (Å²) in [6, 6.07) is 0. The number of nitrogen functional groups attached to an aromatic ring is 1. The van der Waals surface area contributed by atoms with Crippen LogP contribution in [0.2, 0.25) is 0 Å². The maximum atomic E-state index is 5.94. The molecule has 8 nitrogen and oxygen atoms in total. The van der Waals surface area contributed by atoms with Gasteiger partial charge in [0.15, 0.2) is 5.65 Å². The highest BCUT2D eigenvalue weighted by Gasteiger charge is 2.12. The Labute approximate surface area is 122 Å². The van der Waals surface area contributed by atoms with Crippen molar-refractivity contribution in [1.29, 1.82) is 0 Å². The number of nitrogens with zero attached hydrogens (tertiary/aromatic N) is 6. The first kappa shape index (κ1) is 13.3. The maximum absolute atomic E-state index is 5.94. The summed E-state index contributed by atoms with van der Waals surface area (Å²) in [6.45, 7) is 4.63. The molecule has 0 aliphatic heterocycles. The molecule has 0 fully saturated rings. The number of rotatable bonds is 3. The average Bonchev–Trinajstić information content (AvgIpc) is 2.91. The first-order valence-electron chi connectivity index (χ1n) is 6.65. The third-order valence-electron chi connectivity index (χ3n) is 3.70. The fourth-order valence-electron chi connectivity index (χ4n) is 2.36. The first-order valence-corrected chi connectivity index (χ1v) is 6.65. The Balaban J connectivity index is 1.90. The molecular weight excluding hydrogens is 268 g/mol. The molecule has 0 aliphatic carbocycles. The van der Waals surface area contributed by atoms with E-state index in [4.69, 9.17) is 5.73 Å². The van der Waals surface area contributed by atoms with Gasteiger partial charge >= 0.3 is 0 Å². The molecule has 0 saturated heterocycles. The molecule has 110 valence electrons. The fraction of sp³-hybridized carbons (Fsp3) is 0.385. The zero-order valence-electron chi connectivity index (χ0n) is 12.5. The molecule has 3 aromatic heterocycles. The highest BCUT2D eigenvalue weighted by Crippen LogP contribution is 2.19. The van der Waals surface area contributed by atoms with Crippen molar-refractivity contribution in [3.8, 4) is 0 Å². The van der Waals surface area contributed by atoms with Crippen LogP contribution in [-0.2, 0) is 20.6 Å². The number of hydrogen-bond donors (Lipinski definition) is 2. The quantitative estimate of drug-likeness (QED) is 0.742. The number of aromatic nitrogens is 6. The Bertz CT molecular complexity index is 813. The lowest BCUT2D eigenvalue weighted by molar-refractivity contribution is 0.730. The van der Waals surface area contributed by atoms with Crippen LogP contribution in [0.1, 0.15) is 17.0 Å². The Hall–Kier alpha value is -2.64. The van der Waals surface area contributed by atoms with E-state index >= 15 is 0 Å². The molecule has 3 heterocycles. The van der Waals surface area contributed by atoms with Crippen molar-refractivity contribution in [2.75, 3.05) is 11.1 Å². The molecule has 21 heavy (non-hydrogen) atoms. The monoisotopic (exact) mass is 286 g/mol. The zero-order chi connectivity index (χ0) is 15.1. The van der Waals surface area contributed by atoms with Gasteiger partial charge in [-0.3, -0.25) is 9.36 Å². The van der Waals surface area contributed by atoms with Crippen LogP contribution in [0, 0.1) is 13.8 Å². The zero-order valence-corrected chi connectivity index (χ0v) is 12.5. The van der Waals surface area contributed by atoms with Crippen molar-refractivity contribution < 1.29 is 0 Å². The maximum Gasteiger partial charge on any atom is 0.226 e. The first-order chi connectivity index (χ1) is 9.97. The van der Waals surface area contributed by atoms with Crippen LogP contribution in [0.25, 0.3) is 11.0 Å². The minimum absolute atomic E-state index is 0.426. The molecular formula is C13H18N8. The van der Waals surface area contributed by atoms with Crippen molar-refractivity contribution in [1.82, 2.24) is 29.5 Å². The Kier molecular flexibility index (Phi) is 3.00. The van der Waals surface area contributed by atoms with E-state index in [1.54, 1.807) is 10.9 Å². The van der Waals surface area contributed by atoms with Crippen molar-refractivity contribution in [2.24, 2.45) is 14.1 Å². The molecule has 0 saturated carbocycles. The van der Waals surface area contributed by atoms with E-state index in [1.165, 1.54) is 0 Å². The Morgan fingerprint density at radius 3 is 2.62 bits per heavy atom. The van der Waals surface area contributed by atoms with Gasteiger partial charge < -0.3 is 11.1 Å². The Morgan fingerprint density at radius 2 is 1.95 bits per heavy atom. The molecule has 0 bridgehead atoms. The van der Waals surface area contributed by atoms with Crippen molar-refractivity contribution in [3.05, 3.63) is 23.1 Å². The van der Waals surface area contributed by atoms with Crippen molar-refractivity contribution in [3.63, 3.8) is 0 Å². The van der Waals surface area contributed by atoms with Crippen LogP contribution in [0.15, 0.2) is 6.20 Å². The van der Waals surface area contributed by atoms with Crippen LogP contribution >= 0.6 is 0 Å². The molecule has 0 aliphatic rings. The standard InChI is InChI=1S/C13H18N8/c1-7-9(8(2)20(3)19-7)5-15-13-17-11(14)10-6-16-21(4)12(10)18-13/h6H,5H2,1-4H3,(H3,14,15,17,18). The van der Waals surface area contributed by atoms with Gasteiger partial charge in [0.1, 0.15) is 5.82 Å². The number of nitrogens with two attached hydrogens (primary N) is 1. The van der Waals surface area contributed by atoms with Crippen molar-refractivity contribution >= 4 is 22.8 Å². The number of fused-ring (bicyclic) bond motifs is 1. The van der Waals surface area contributed by atoms with Gasteiger partial charge in [-0.25, -0.2) is 0 Å². The van der Waals surface area contributed by atoms with Gasteiger partial charge in [0.25, 0.3) is 0 Å². The molecule has 3 N–H and O–H groups in total. The second-order valence-corrected chi connectivity index (χ2v) is 5.06. The lowest BCUT2D eigenvalue weighted by atomic mass is 10.2. The third kappa shape index (κ3) is 2.18. The van der Waals surface area contributed by atoms with Crippen molar-refractivity contribution in [2.45, 2.75) is 20.4 Å². The normalized spacial score (nSPS) is 11.2. The highest BCUT2D eigenvalue weighted by molar-refractivity contribution is 5.86. The van der Waals surface area contributed by atoms with Crippen LogP contribution < -0.4 is 11.1 Å². The number of hydrogen-bond acceptors (Lipinski definition) is 6. The summed E-state index contributed by atoms with van der Waals surface area (Å²) >= 11 is 0. The molecule has 0 radical (unpaired) electrons. The van der Waals surface area contributed by atoms with Crippen LogP contribution in [0.4, 0.5) is 11.8 Å². The third-order valence-corrected chi connectivity index (χ3v) is 3.70. The lowest BCUT2D eigenvalue weighted by Crippen LogP contribution is -2.08. The van der Waals surface area contributed by atoms with Gasteiger partial charge in [-0.2, -0.15) is 20.2 Å². The van der Waals surface area contributed by atoms with E-state index in [0.717, 1.165) is 22.3 Å². The highest BCUT2D eigenvalue weighted by atomic mass is 15.3. The van der Waals surface area contributed by atoms with Gasteiger partial charge in [-0.1, -0.05) is 0 Å². The predicted octanol–water partition coefficient (Wildman–Crippen LogP) is 0.908. The molecule has 0 unspecified atom stereocenters. The van der Waals surface area contributed by atoms with E-state index in [1.807, 2.05) is 32.6 Å². The molecule has 0 amide bonds. The second kappa shape index (κ2) is 4.72. The SMILES string of the molecule is Cc1nn(C)c(C)c1CNc1nc(N)c2cnn(C)c2n1. The minimum Gasteiger partial charge on any atom is -0.383 e. The lowest BCUT2D eigenvalue weighted by Gasteiger charge is -2.07. The summed E-state index contributed by atoms with van der Waals surface area (Å²) in [5.41, 5.74) is 9.92. The number of aryl methyl sites for hydroxylation is 3. The van der Waals surface area contributed by atoms with E-state index in [2.05, 4.69) is 25.5 Å². The summed E-state index contributed by atoms with van der Waals surface area (Å²) in [7, 11) is 3.76. The van der Waals surface area contributed by atoms with Gasteiger partial charge in [-0.15, -0.1) is 0 Å². The molecule has 8 heteroatoms. The van der Waals surface area contributed by atoms with E-state index in [9.17, 15) is 0 Å². The molecule has 0 atom stereocenters. The fourth-order valence-corrected chi connectivity index (χ4v) is 2.36. The summed E-state index contributed by atoms with van der Waals surface area (Å²) in [5, 5.41) is 12.5. The molecule has 0 aromatic carbocycles. The van der Waals surface area contributed by atoms with E-state index in [0.29, 0.717) is 24.0 Å². The average molecular weight is 286 g/mol. The number of anilines is 2. The van der Waals surface area contributed by atoms with Crippen LogP contribution in [-0.4, -0.2) is 29.5 Å². The summed E-state index contributed by atoms with van der Waals surface area (Å²) in [4.78, 5) is 8.72. The van der Waals surface area contributed by atoms with E-state index in [-0.39, 0.29) is 0 Å². The molecule has 0 spiro atoms. The molecule has 3 rings (SSSR count). The molecule has 3 aromatic rings. The predicted molar refractivity (Wildman–Crippen MR) is 80.7 cm³/mol. The topological polar surface area (TPSA) is 99.5 Å². The Morgan fingerprint density at radius 1 is 1.19 bits per heavy atom. The summed E-state index contributed by atoms with van der Waals surface area (Å²) < 4.78 is 3.55. The largest absolute Gasteiger partial charge is 0.383 e. The smallest absolute Gasteiger partial charge is 0.226 e. The van der Waals surface area contributed by atoms with Gasteiger partial charge in [0.2, 0.25) is 5.95 Å². The minimum atomic E-state index is 0.426. The van der Waals surface area contributed by atoms with Crippen LogP contribution in [0.3, 0.4) is 0 Å².